The number of nitrogens with one attached hydrogen (secondary N) is 2. The zero-order chi connectivity index (χ0) is 17.1. The van der Waals surface area contributed by atoms with Crippen LogP contribution in [0.2, 0.25) is 5.02 Å². The Hall–Kier alpha value is -2.53. The van der Waals surface area contributed by atoms with E-state index in [0.717, 1.165) is 12.8 Å². The molecular formula is C18H17ClN2O3. The number of hydrogen-bond acceptors (Lipinski definition) is 3. The van der Waals surface area contributed by atoms with Crippen molar-refractivity contribution >= 4 is 34.8 Å². The summed E-state index contributed by atoms with van der Waals surface area (Å²) in [6.07, 6.45) is 1.91. The average Bonchev–Trinajstić information content (AvgIpc) is 3.40. The maximum absolute atomic E-state index is 12.3. The van der Waals surface area contributed by atoms with E-state index in [2.05, 4.69) is 10.6 Å². The molecular weight excluding hydrogens is 328 g/mol. The summed E-state index contributed by atoms with van der Waals surface area (Å²) in [5.74, 6) is 0.481. The Balaban J connectivity index is 1.64. The summed E-state index contributed by atoms with van der Waals surface area (Å²) < 4.78 is 5.08. The highest BCUT2D eigenvalue weighted by Crippen LogP contribution is 2.30. The molecule has 1 fully saturated rings. The van der Waals surface area contributed by atoms with Gasteiger partial charge in [0, 0.05) is 22.9 Å². The number of hydrogen-bond donors (Lipinski definition) is 2. The van der Waals surface area contributed by atoms with Crippen LogP contribution in [0.3, 0.4) is 0 Å². The lowest BCUT2D eigenvalue weighted by molar-refractivity contribution is -0.117. The number of benzene rings is 2. The fourth-order valence-corrected chi connectivity index (χ4v) is 2.50. The second-order valence-electron chi connectivity index (χ2n) is 5.64. The van der Waals surface area contributed by atoms with E-state index in [0.29, 0.717) is 27.7 Å². The van der Waals surface area contributed by atoms with Crippen LogP contribution >= 0.6 is 11.6 Å². The van der Waals surface area contributed by atoms with Crippen LogP contribution in [0.15, 0.2) is 42.5 Å². The van der Waals surface area contributed by atoms with Crippen LogP contribution in [0.4, 0.5) is 11.4 Å². The summed E-state index contributed by atoms with van der Waals surface area (Å²) in [6, 6.07) is 11.8. The zero-order valence-electron chi connectivity index (χ0n) is 13.1. The molecule has 1 aliphatic carbocycles. The van der Waals surface area contributed by atoms with Crippen LogP contribution in [-0.4, -0.2) is 18.9 Å². The monoisotopic (exact) mass is 344 g/mol. The van der Waals surface area contributed by atoms with Gasteiger partial charge in [-0.3, -0.25) is 9.59 Å². The molecule has 1 saturated carbocycles. The summed E-state index contributed by atoms with van der Waals surface area (Å²) in [7, 11) is 1.53. The minimum atomic E-state index is -0.253. The van der Waals surface area contributed by atoms with Crippen molar-refractivity contribution in [1.82, 2.24) is 0 Å². The number of carbonyl (C=O) groups is 2. The lowest BCUT2D eigenvalue weighted by Crippen LogP contribution is -2.14. The van der Waals surface area contributed by atoms with Crippen LogP contribution in [0.5, 0.6) is 5.75 Å². The van der Waals surface area contributed by atoms with E-state index in [1.807, 2.05) is 0 Å². The third-order valence-electron chi connectivity index (χ3n) is 3.77. The van der Waals surface area contributed by atoms with Crippen LogP contribution in [-0.2, 0) is 4.79 Å². The quantitative estimate of drug-likeness (QED) is 0.863. The molecule has 0 aromatic heterocycles. The van der Waals surface area contributed by atoms with Crippen molar-refractivity contribution in [3.8, 4) is 5.75 Å². The molecule has 0 bridgehead atoms. The van der Waals surface area contributed by atoms with E-state index >= 15 is 0 Å². The first-order valence-electron chi connectivity index (χ1n) is 7.62. The second kappa shape index (κ2) is 6.93. The summed E-state index contributed by atoms with van der Waals surface area (Å²) in [5, 5.41) is 6.03. The highest BCUT2D eigenvalue weighted by atomic mass is 35.5. The molecule has 5 nitrogen and oxygen atoms in total. The molecule has 0 aliphatic heterocycles. The SMILES string of the molecule is COc1ccc(NC(=O)c2ccc(NC(=O)C3CC3)cc2)cc1Cl. The minimum absolute atomic E-state index is 0.0417. The minimum Gasteiger partial charge on any atom is -0.495 e. The van der Waals surface area contributed by atoms with Gasteiger partial charge in [0.05, 0.1) is 12.1 Å². The smallest absolute Gasteiger partial charge is 0.255 e. The summed E-state index contributed by atoms with van der Waals surface area (Å²) in [6.45, 7) is 0. The third-order valence-corrected chi connectivity index (χ3v) is 4.07. The van der Waals surface area contributed by atoms with Crippen LogP contribution in [0, 0.1) is 5.92 Å². The van der Waals surface area contributed by atoms with E-state index in [4.69, 9.17) is 16.3 Å². The van der Waals surface area contributed by atoms with Crippen molar-refractivity contribution in [2.24, 2.45) is 5.92 Å². The van der Waals surface area contributed by atoms with Crippen molar-refractivity contribution in [3.63, 3.8) is 0 Å². The van der Waals surface area contributed by atoms with Crippen LogP contribution in [0.25, 0.3) is 0 Å². The Morgan fingerprint density at radius 2 is 1.71 bits per heavy atom. The van der Waals surface area contributed by atoms with Gasteiger partial charge < -0.3 is 15.4 Å². The number of rotatable bonds is 5. The van der Waals surface area contributed by atoms with Gasteiger partial charge in [-0.15, -0.1) is 0 Å². The van der Waals surface area contributed by atoms with Gasteiger partial charge in [0.25, 0.3) is 5.91 Å². The summed E-state index contributed by atoms with van der Waals surface area (Å²) in [4.78, 5) is 24.0. The van der Waals surface area contributed by atoms with Gasteiger partial charge in [-0.1, -0.05) is 11.6 Å². The van der Waals surface area contributed by atoms with E-state index in [1.54, 1.807) is 42.5 Å². The van der Waals surface area contributed by atoms with Crippen LogP contribution in [0.1, 0.15) is 23.2 Å². The number of anilines is 2. The fourth-order valence-electron chi connectivity index (χ4n) is 2.24. The van der Waals surface area contributed by atoms with Crippen molar-refractivity contribution < 1.29 is 14.3 Å². The lowest BCUT2D eigenvalue weighted by Gasteiger charge is -2.09. The van der Waals surface area contributed by atoms with Gasteiger partial charge in [0.15, 0.2) is 0 Å². The molecule has 2 N–H and O–H groups in total. The molecule has 0 unspecified atom stereocenters. The van der Waals surface area contributed by atoms with E-state index in [-0.39, 0.29) is 17.7 Å². The van der Waals surface area contributed by atoms with Gasteiger partial charge in [-0.25, -0.2) is 0 Å². The Bertz CT molecular complexity index is 770. The first kappa shape index (κ1) is 16.3. The van der Waals surface area contributed by atoms with Gasteiger partial charge in [0.2, 0.25) is 5.91 Å². The standard InChI is InChI=1S/C18H17ClN2O3/c1-24-16-9-8-14(10-15(16)19)21-18(23)12-4-6-13(7-5-12)20-17(22)11-2-3-11/h4-11H,2-3H2,1H3,(H,20,22)(H,21,23). The van der Waals surface area contributed by atoms with Gasteiger partial charge in [0.1, 0.15) is 5.75 Å². The molecule has 2 aromatic rings. The number of carbonyl (C=O) groups excluding carboxylic acids is 2. The zero-order valence-corrected chi connectivity index (χ0v) is 13.9. The van der Waals surface area contributed by atoms with E-state index < -0.39 is 0 Å². The molecule has 1 aliphatic rings. The molecule has 0 radical (unpaired) electrons. The molecule has 24 heavy (non-hydrogen) atoms. The van der Waals surface area contributed by atoms with Gasteiger partial charge in [-0.2, -0.15) is 0 Å². The Kier molecular flexibility index (Phi) is 4.71. The largest absolute Gasteiger partial charge is 0.495 e. The number of halogens is 1. The highest BCUT2D eigenvalue weighted by molar-refractivity contribution is 6.32. The maximum atomic E-state index is 12.3. The second-order valence-corrected chi connectivity index (χ2v) is 6.05. The summed E-state index contributed by atoms with van der Waals surface area (Å²) >= 11 is 6.04. The fraction of sp³-hybridized carbons (Fsp3) is 0.222. The molecule has 124 valence electrons. The van der Waals surface area contributed by atoms with Crippen molar-refractivity contribution in [1.29, 1.82) is 0 Å². The Morgan fingerprint density at radius 3 is 2.29 bits per heavy atom. The molecule has 2 aromatic carbocycles. The predicted molar refractivity (Wildman–Crippen MR) is 93.8 cm³/mol. The first-order valence-corrected chi connectivity index (χ1v) is 8.00. The topological polar surface area (TPSA) is 67.4 Å². The number of ether oxygens (including phenoxy) is 1. The number of methoxy groups -OCH3 is 1. The predicted octanol–water partition coefficient (Wildman–Crippen LogP) is 3.95. The highest BCUT2D eigenvalue weighted by Gasteiger charge is 2.29. The third kappa shape index (κ3) is 3.86. The van der Waals surface area contributed by atoms with Gasteiger partial charge in [-0.05, 0) is 55.3 Å². The Morgan fingerprint density at radius 1 is 1.04 bits per heavy atom. The molecule has 6 heteroatoms. The number of amides is 2. The molecule has 0 saturated heterocycles. The Labute approximate surface area is 145 Å². The normalized spacial score (nSPS) is 13.2. The first-order chi connectivity index (χ1) is 11.6. The van der Waals surface area contributed by atoms with Crippen molar-refractivity contribution in [3.05, 3.63) is 53.1 Å². The lowest BCUT2D eigenvalue weighted by atomic mass is 10.2. The molecule has 2 amide bonds. The van der Waals surface area contributed by atoms with Crippen molar-refractivity contribution in [2.45, 2.75) is 12.8 Å². The van der Waals surface area contributed by atoms with Crippen LogP contribution < -0.4 is 15.4 Å². The van der Waals surface area contributed by atoms with Crippen molar-refractivity contribution in [2.75, 3.05) is 17.7 Å². The summed E-state index contributed by atoms with van der Waals surface area (Å²) in [5.41, 5.74) is 1.76. The molecule has 3 rings (SSSR count). The average molecular weight is 345 g/mol. The molecule has 0 heterocycles. The van der Waals surface area contributed by atoms with E-state index in [9.17, 15) is 9.59 Å². The molecule has 0 spiro atoms. The van der Waals surface area contributed by atoms with E-state index in [1.165, 1.54) is 7.11 Å². The van der Waals surface area contributed by atoms with Gasteiger partial charge >= 0.3 is 0 Å². The molecule has 0 atom stereocenters. The maximum Gasteiger partial charge on any atom is 0.255 e.